The van der Waals surface area contributed by atoms with E-state index in [1.807, 2.05) is 51.1 Å². The lowest BCUT2D eigenvalue weighted by Crippen LogP contribution is -2.49. The Labute approximate surface area is 242 Å². The maximum atomic E-state index is 13.8. The van der Waals surface area contributed by atoms with E-state index in [1.165, 1.54) is 15.5 Å². The van der Waals surface area contributed by atoms with Gasteiger partial charge >= 0.3 is 6.09 Å². The van der Waals surface area contributed by atoms with Gasteiger partial charge in [0.2, 0.25) is 0 Å². The van der Waals surface area contributed by atoms with Gasteiger partial charge in [0.1, 0.15) is 24.0 Å². The first-order chi connectivity index (χ1) is 19.6. The molecule has 0 radical (unpaired) electrons. The maximum Gasteiger partial charge on any atom is 0.407 e. The number of ketones is 1. The molecule has 1 amide bonds. The molecule has 0 bridgehead atoms. The molecule has 10 nitrogen and oxygen atoms in total. The Morgan fingerprint density at radius 2 is 1.83 bits per heavy atom. The number of carbonyl (C=O) groups is 2. The van der Waals surface area contributed by atoms with Crippen LogP contribution in [0.4, 0.5) is 10.6 Å². The Kier molecular flexibility index (Phi) is 8.12. The number of alkyl carbamates (subject to hydrolysis) is 1. The minimum Gasteiger partial charge on any atom is -0.444 e. The maximum absolute atomic E-state index is 13.8. The van der Waals surface area contributed by atoms with Gasteiger partial charge in [0.15, 0.2) is 11.6 Å². The van der Waals surface area contributed by atoms with Gasteiger partial charge in [-0.15, -0.1) is 5.10 Å². The number of hydrogen-bond acceptors (Lipinski definition) is 7. The van der Waals surface area contributed by atoms with Gasteiger partial charge in [0, 0.05) is 41.7 Å². The van der Waals surface area contributed by atoms with Crippen LogP contribution in [-0.4, -0.2) is 56.0 Å². The smallest absolute Gasteiger partial charge is 0.407 e. The molecule has 1 N–H and O–H groups in total. The van der Waals surface area contributed by atoms with Crippen LogP contribution in [0.25, 0.3) is 5.52 Å². The molecule has 5 rings (SSSR count). The summed E-state index contributed by atoms with van der Waals surface area (Å²) in [5, 5.41) is 12.6. The highest BCUT2D eigenvalue weighted by atomic mass is 35.5. The summed E-state index contributed by atoms with van der Waals surface area (Å²) in [5.74, 6) is 0.399. The third-order valence-corrected chi connectivity index (χ3v) is 7.25. The zero-order chi connectivity index (χ0) is 29.1. The fourth-order valence-corrected chi connectivity index (χ4v) is 5.23. The summed E-state index contributed by atoms with van der Waals surface area (Å²) in [7, 11) is 0. The number of nitrogens with zero attached hydrogens (tertiary/aromatic N) is 5. The SMILES string of the molecule is CC(C)(C)OC(=O)N[C@@H]1CCCN(c2nn3cnn(CC(=O)c4ccccc4)c(=O)c3c2Cc2ccccc2Cl)C1. The Hall–Kier alpha value is -4.18. The highest BCUT2D eigenvalue weighted by Crippen LogP contribution is 2.29. The fraction of sp³-hybridized carbons (Fsp3) is 0.367. The monoisotopic (exact) mass is 576 g/mol. The Bertz CT molecular complexity index is 1630. The summed E-state index contributed by atoms with van der Waals surface area (Å²) in [5.41, 5.74) is 1.34. The number of hydrogen-bond donors (Lipinski definition) is 1. The molecule has 214 valence electrons. The molecule has 1 aliphatic rings. The number of amides is 1. The normalized spacial score (nSPS) is 15.6. The first-order valence-electron chi connectivity index (χ1n) is 13.6. The van der Waals surface area contributed by atoms with Gasteiger partial charge in [0.25, 0.3) is 5.56 Å². The van der Waals surface area contributed by atoms with Crippen molar-refractivity contribution in [2.24, 2.45) is 0 Å². The third kappa shape index (κ3) is 6.59. The lowest BCUT2D eigenvalue weighted by atomic mass is 10.0. The van der Waals surface area contributed by atoms with E-state index in [4.69, 9.17) is 21.4 Å². The highest BCUT2D eigenvalue weighted by Gasteiger charge is 2.29. The molecular formula is C30H33ClN6O4. The number of Topliss-reactive ketones (excluding diaryl/α,β-unsaturated/α-hetero) is 1. The number of benzene rings is 2. The van der Waals surface area contributed by atoms with Crippen molar-refractivity contribution >= 4 is 34.8 Å². The lowest BCUT2D eigenvalue weighted by Gasteiger charge is -2.34. The van der Waals surface area contributed by atoms with Crippen LogP contribution in [0, 0.1) is 0 Å². The van der Waals surface area contributed by atoms with Gasteiger partial charge in [-0.05, 0) is 45.2 Å². The molecule has 0 unspecified atom stereocenters. The van der Waals surface area contributed by atoms with E-state index < -0.39 is 17.3 Å². The van der Waals surface area contributed by atoms with Crippen LogP contribution in [0.2, 0.25) is 5.02 Å². The Balaban J connectivity index is 1.51. The predicted octanol–water partition coefficient (Wildman–Crippen LogP) is 4.51. The summed E-state index contributed by atoms with van der Waals surface area (Å²) in [4.78, 5) is 41.2. The Morgan fingerprint density at radius 1 is 1.10 bits per heavy atom. The number of piperidine rings is 1. The molecule has 41 heavy (non-hydrogen) atoms. The van der Waals surface area contributed by atoms with Gasteiger partial charge in [-0.3, -0.25) is 9.59 Å². The number of anilines is 1. The number of ether oxygens (including phenoxy) is 1. The molecule has 1 saturated heterocycles. The molecule has 1 aliphatic heterocycles. The lowest BCUT2D eigenvalue weighted by molar-refractivity contribution is 0.0499. The standard InChI is InChI=1S/C30H33ClN6O4/c1-30(2,3)41-29(40)33-22-13-9-15-35(17-22)27-23(16-21-12-7-8-14-24(21)31)26-28(39)36(32-19-37(26)34-27)18-25(38)20-10-5-4-6-11-20/h4-8,10-12,14,19,22H,9,13,15-18H2,1-3H3,(H,33,40)/t22-/m1/s1. The first-order valence-corrected chi connectivity index (χ1v) is 14.0. The van der Waals surface area contributed by atoms with E-state index in [9.17, 15) is 14.4 Å². The van der Waals surface area contributed by atoms with Crippen LogP contribution >= 0.6 is 11.6 Å². The van der Waals surface area contributed by atoms with Crippen molar-refractivity contribution in [3.63, 3.8) is 0 Å². The van der Waals surface area contributed by atoms with Crippen molar-refractivity contribution in [3.05, 3.63) is 93.0 Å². The highest BCUT2D eigenvalue weighted by molar-refractivity contribution is 6.31. The molecule has 0 aliphatic carbocycles. The van der Waals surface area contributed by atoms with Crippen molar-refractivity contribution < 1.29 is 14.3 Å². The Morgan fingerprint density at radius 3 is 2.56 bits per heavy atom. The van der Waals surface area contributed by atoms with Crippen LogP contribution in [0.1, 0.15) is 55.1 Å². The summed E-state index contributed by atoms with van der Waals surface area (Å²) in [6.45, 7) is 6.46. The number of rotatable bonds is 7. The average Bonchev–Trinajstić information content (AvgIpc) is 3.30. The van der Waals surface area contributed by atoms with E-state index >= 15 is 0 Å². The van der Waals surface area contributed by atoms with Crippen LogP contribution in [0.15, 0.2) is 65.7 Å². The quantitative estimate of drug-likeness (QED) is 0.322. The predicted molar refractivity (Wildman–Crippen MR) is 157 cm³/mol. The number of halogens is 1. The van der Waals surface area contributed by atoms with E-state index in [1.54, 1.807) is 24.3 Å². The van der Waals surface area contributed by atoms with Crippen molar-refractivity contribution in [2.45, 2.75) is 58.2 Å². The summed E-state index contributed by atoms with van der Waals surface area (Å²) < 4.78 is 8.10. The van der Waals surface area contributed by atoms with Gasteiger partial charge < -0.3 is 15.0 Å². The van der Waals surface area contributed by atoms with Crippen molar-refractivity contribution in [3.8, 4) is 0 Å². The summed E-state index contributed by atoms with van der Waals surface area (Å²) >= 11 is 6.53. The first kappa shape index (κ1) is 28.4. The number of carbonyl (C=O) groups excluding carboxylic acids is 2. The minimum absolute atomic E-state index is 0.158. The van der Waals surface area contributed by atoms with Gasteiger partial charge in [-0.2, -0.15) is 5.10 Å². The third-order valence-electron chi connectivity index (χ3n) is 6.88. The van der Waals surface area contributed by atoms with E-state index in [0.29, 0.717) is 47.0 Å². The molecule has 1 fully saturated rings. The molecule has 0 spiro atoms. The van der Waals surface area contributed by atoms with Gasteiger partial charge in [-0.25, -0.2) is 14.0 Å². The zero-order valence-corrected chi connectivity index (χ0v) is 24.1. The molecule has 3 heterocycles. The van der Waals surface area contributed by atoms with Crippen molar-refractivity contribution in [1.82, 2.24) is 24.7 Å². The fourth-order valence-electron chi connectivity index (χ4n) is 5.03. The van der Waals surface area contributed by atoms with Gasteiger partial charge in [0.05, 0.1) is 0 Å². The van der Waals surface area contributed by atoms with Crippen LogP contribution < -0.4 is 15.8 Å². The largest absolute Gasteiger partial charge is 0.444 e. The van der Waals surface area contributed by atoms with Crippen molar-refractivity contribution in [1.29, 1.82) is 0 Å². The summed E-state index contributed by atoms with van der Waals surface area (Å²) in [6, 6.07) is 16.1. The van der Waals surface area contributed by atoms with E-state index in [-0.39, 0.29) is 18.4 Å². The second kappa shape index (κ2) is 11.7. The number of fused-ring (bicyclic) bond motifs is 1. The van der Waals surface area contributed by atoms with E-state index in [0.717, 1.165) is 18.4 Å². The molecular weight excluding hydrogens is 544 g/mol. The van der Waals surface area contributed by atoms with Crippen LogP contribution in [-0.2, 0) is 17.7 Å². The number of aromatic nitrogens is 4. The second-order valence-electron chi connectivity index (χ2n) is 11.2. The molecule has 2 aromatic carbocycles. The number of nitrogens with one attached hydrogen (secondary N) is 1. The topological polar surface area (TPSA) is 111 Å². The van der Waals surface area contributed by atoms with E-state index in [2.05, 4.69) is 15.3 Å². The molecule has 0 saturated carbocycles. The second-order valence-corrected chi connectivity index (χ2v) is 11.6. The zero-order valence-electron chi connectivity index (χ0n) is 23.3. The van der Waals surface area contributed by atoms with Crippen molar-refractivity contribution in [2.75, 3.05) is 18.0 Å². The average molecular weight is 577 g/mol. The molecule has 4 aromatic rings. The van der Waals surface area contributed by atoms with Crippen LogP contribution in [0.5, 0.6) is 0 Å². The molecule has 11 heteroatoms. The minimum atomic E-state index is -0.600. The molecule has 2 aromatic heterocycles. The van der Waals surface area contributed by atoms with Gasteiger partial charge in [-0.1, -0.05) is 60.1 Å². The summed E-state index contributed by atoms with van der Waals surface area (Å²) in [6.07, 6.45) is 2.94. The molecule has 1 atom stereocenters. The van der Waals surface area contributed by atoms with Crippen LogP contribution in [0.3, 0.4) is 0 Å².